The van der Waals surface area contributed by atoms with E-state index in [9.17, 15) is 4.79 Å². The molecule has 0 aromatic rings. The molecule has 0 aromatic carbocycles. The minimum absolute atomic E-state index is 0.0163. The third-order valence-electron chi connectivity index (χ3n) is 6.69. The second-order valence-electron chi connectivity index (χ2n) is 10.0. The summed E-state index contributed by atoms with van der Waals surface area (Å²) in [5, 5.41) is 8.99. The van der Waals surface area contributed by atoms with Crippen molar-refractivity contribution in [3.8, 4) is 0 Å². The molecule has 1 N–H and O–H groups in total. The van der Waals surface area contributed by atoms with E-state index in [-0.39, 0.29) is 12.6 Å². The van der Waals surface area contributed by atoms with Crippen LogP contribution in [0, 0.1) is 5.92 Å². The number of aliphatic hydroxyl groups excluding tert-OH is 1. The lowest BCUT2D eigenvalue weighted by Crippen LogP contribution is -2.27. The van der Waals surface area contributed by atoms with Gasteiger partial charge in [0.15, 0.2) is 0 Å². The predicted octanol–water partition coefficient (Wildman–Crippen LogP) is 7.91. The Morgan fingerprint density at radius 3 is 1.76 bits per heavy atom. The SMILES string of the molecule is CCCCCCCCCC(CCCCCCC)COC(=O)CCCN(CCC)CCCCO. The zero-order chi connectivity index (χ0) is 24.4. The highest BCUT2D eigenvalue weighted by molar-refractivity contribution is 5.69. The first-order chi connectivity index (χ1) is 16.2. The Morgan fingerprint density at radius 1 is 0.667 bits per heavy atom. The Morgan fingerprint density at radius 2 is 1.21 bits per heavy atom. The molecule has 1 atom stereocenters. The third-order valence-corrected chi connectivity index (χ3v) is 6.69. The maximum atomic E-state index is 12.4. The van der Waals surface area contributed by atoms with E-state index in [0.29, 0.717) is 18.9 Å². The second kappa shape index (κ2) is 26.0. The summed E-state index contributed by atoms with van der Waals surface area (Å²) < 4.78 is 5.74. The summed E-state index contributed by atoms with van der Waals surface area (Å²) in [6.45, 7) is 10.7. The van der Waals surface area contributed by atoms with Crippen LogP contribution in [0.1, 0.15) is 143 Å². The molecule has 0 heterocycles. The fourth-order valence-corrected chi connectivity index (χ4v) is 4.57. The molecule has 0 aliphatic heterocycles. The Labute approximate surface area is 207 Å². The number of carbonyl (C=O) groups is 1. The number of hydrogen-bond acceptors (Lipinski definition) is 4. The number of hydrogen-bond donors (Lipinski definition) is 1. The van der Waals surface area contributed by atoms with Crippen molar-refractivity contribution in [3.05, 3.63) is 0 Å². The number of unbranched alkanes of at least 4 members (excludes halogenated alkanes) is 11. The molecule has 1 unspecified atom stereocenters. The molecule has 0 bridgehead atoms. The third kappa shape index (κ3) is 22.9. The van der Waals surface area contributed by atoms with Gasteiger partial charge in [0.1, 0.15) is 0 Å². The lowest BCUT2D eigenvalue weighted by atomic mass is 9.95. The Hall–Kier alpha value is -0.610. The van der Waals surface area contributed by atoms with Crippen molar-refractivity contribution in [2.24, 2.45) is 5.92 Å². The van der Waals surface area contributed by atoms with Crippen molar-refractivity contribution >= 4 is 5.97 Å². The lowest BCUT2D eigenvalue weighted by molar-refractivity contribution is -0.145. The topological polar surface area (TPSA) is 49.8 Å². The van der Waals surface area contributed by atoms with Crippen LogP contribution in [0.15, 0.2) is 0 Å². The molecule has 4 heteroatoms. The van der Waals surface area contributed by atoms with Crippen molar-refractivity contribution in [2.45, 2.75) is 143 Å². The molecule has 0 amide bonds. The van der Waals surface area contributed by atoms with Gasteiger partial charge >= 0.3 is 5.97 Å². The van der Waals surface area contributed by atoms with Gasteiger partial charge in [-0.15, -0.1) is 0 Å². The molecule has 4 nitrogen and oxygen atoms in total. The molecular formula is C29H59NO3. The van der Waals surface area contributed by atoms with E-state index in [1.54, 1.807) is 0 Å². The van der Waals surface area contributed by atoms with Crippen LogP contribution in [0.4, 0.5) is 0 Å². The number of ether oxygens (including phenoxy) is 1. The van der Waals surface area contributed by atoms with Crippen molar-refractivity contribution < 1.29 is 14.6 Å². The van der Waals surface area contributed by atoms with Crippen LogP contribution >= 0.6 is 0 Å². The summed E-state index contributed by atoms with van der Waals surface area (Å²) in [5.74, 6) is 0.527. The molecule has 0 saturated heterocycles. The highest BCUT2D eigenvalue weighted by atomic mass is 16.5. The number of aliphatic hydroxyl groups is 1. The van der Waals surface area contributed by atoms with Gasteiger partial charge in [-0.05, 0) is 64.1 Å². The van der Waals surface area contributed by atoms with Gasteiger partial charge in [0.25, 0.3) is 0 Å². The Kier molecular flexibility index (Phi) is 25.5. The first-order valence-corrected chi connectivity index (χ1v) is 14.7. The molecule has 33 heavy (non-hydrogen) atoms. The average molecular weight is 470 g/mol. The minimum atomic E-state index is -0.0163. The minimum Gasteiger partial charge on any atom is -0.465 e. The van der Waals surface area contributed by atoms with Crippen molar-refractivity contribution in [1.82, 2.24) is 4.90 Å². The monoisotopic (exact) mass is 469 g/mol. The van der Waals surface area contributed by atoms with Gasteiger partial charge < -0.3 is 14.7 Å². The van der Waals surface area contributed by atoms with Crippen LogP contribution in [0.25, 0.3) is 0 Å². The van der Waals surface area contributed by atoms with Gasteiger partial charge in [-0.25, -0.2) is 0 Å². The molecule has 0 rings (SSSR count). The molecule has 0 radical (unpaired) electrons. The van der Waals surface area contributed by atoms with Crippen LogP contribution in [-0.4, -0.2) is 48.8 Å². The van der Waals surface area contributed by atoms with E-state index in [1.165, 1.54) is 89.9 Å². The molecule has 0 aliphatic rings. The fraction of sp³-hybridized carbons (Fsp3) is 0.966. The zero-order valence-corrected chi connectivity index (χ0v) is 22.8. The van der Waals surface area contributed by atoms with Gasteiger partial charge in [0, 0.05) is 13.0 Å². The van der Waals surface area contributed by atoms with Crippen LogP contribution in [0.5, 0.6) is 0 Å². The Bertz CT molecular complexity index is 402. The number of carbonyl (C=O) groups excluding carboxylic acids is 1. The molecule has 198 valence electrons. The molecular weight excluding hydrogens is 410 g/mol. The molecule has 0 spiro atoms. The summed E-state index contributed by atoms with van der Waals surface area (Å²) >= 11 is 0. The summed E-state index contributed by atoms with van der Waals surface area (Å²) in [5.41, 5.74) is 0. The quantitative estimate of drug-likeness (QED) is 0.103. The van der Waals surface area contributed by atoms with Crippen LogP contribution in [0.2, 0.25) is 0 Å². The maximum Gasteiger partial charge on any atom is 0.305 e. The van der Waals surface area contributed by atoms with E-state index >= 15 is 0 Å². The largest absolute Gasteiger partial charge is 0.465 e. The van der Waals surface area contributed by atoms with E-state index in [2.05, 4.69) is 25.7 Å². The van der Waals surface area contributed by atoms with E-state index in [0.717, 1.165) is 45.3 Å². The van der Waals surface area contributed by atoms with Crippen molar-refractivity contribution in [3.63, 3.8) is 0 Å². The summed E-state index contributed by atoms with van der Waals surface area (Å²) in [6, 6.07) is 0. The highest BCUT2D eigenvalue weighted by Crippen LogP contribution is 2.20. The molecule has 0 saturated carbocycles. The lowest BCUT2D eigenvalue weighted by Gasteiger charge is -2.21. The van der Waals surface area contributed by atoms with Gasteiger partial charge in [-0.1, -0.05) is 97.8 Å². The summed E-state index contributed by atoms with van der Waals surface area (Å²) in [6.07, 6.45) is 22.8. The van der Waals surface area contributed by atoms with Crippen molar-refractivity contribution in [1.29, 1.82) is 0 Å². The van der Waals surface area contributed by atoms with Crippen LogP contribution < -0.4 is 0 Å². The zero-order valence-electron chi connectivity index (χ0n) is 22.8. The summed E-state index contributed by atoms with van der Waals surface area (Å²) in [4.78, 5) is 14.8. The normalized spacial score (nSPS) is 12.4. The van der Waals surface area contributed by atoms with Gasteiger partial charge in [-0.3, -0.25) is 4.79 Å². The molecule has 0 aliphatic carbocycles. The molecule has 0 fully saturated rings. The van der Waals surface area contributed by atoms with E-state index in [4.69, 9.17) is 9.84 Å². The highest BCUT2D eigenvalue weighted by Gasteiger charge is 2.13. The van der Waals surface area contributed by atoms with Crippen molar-refractivity contribution in [2.75, 3.05) is 32.8 Å². The van der Waals surface area contributed by atoms with Gasteiger partial charge in [0.2, 0.25) is 0 Å². The summed E-state index contributed by atoms with van der Waals surface area (Å²) in [7, 11) is 0. The van der Waals surface area contributed by atoms with Crippen LogP contribution in [-0.2, 0) is 9.53 Å². The number of esters is 1. The van der Waals surface area contributed by atoms with E-state index in [1.807, 2.05) is 0 Å². The second-order valence-corrected chi connectivity index (χ2v) is 10.0. The smallest absolute Gasteiger partial charge is 0.305 e. The fourth-order valence-electron chi connectivity index (χ4n) is 4.57. The van der Waals surface area contributed by atoms with Crippen LogP contribution in [0.3, 0.4) is 0 Å². The standard InChI is InChI=1S/C29H59NO3/c1-4-7-9-11-12-14-16-21-28(20-15-13-10-8-5-2)27-33-29(32)22-19-25-30(23-6-3)24-17-18-26-31/h28,31H,4-27H2,1-3H3. The first-order valence-electron chi connectivity index (χ1n) is 14.7. The van der Waals surface area contributed by atoms with Gasteiger partial charge in [0.05, 0.1) is 6.61 Å². The van der Waals surface area contributed by atoms with Gasteiger partial charge in [-0.2, -0.15) is 0 Å². The number of nitrogens with zero attached hydrogens (tertiary/aromatic N) is 1. The van der Waals surface area contributed by atoms with E-state index < -0.39 is 0 Å². The maximum absolute atomic E-state index is 12.4. The number of rotatable bonds is 26. The first kappa shape index (κ1) is 32.4. The Balaban J connectivity index is 4.18. The predicted molar refractivity (Wildman–Crippen MR) is 143 cm³/mol. The molecule has 0 aromatic heterocycles. The average Bonchev–Trinajstić information content (AvgIpc) is 2.81.